The van der Waals surface area contributed by atoms with Gasteiger partial charge in [0, 0.05) is 22.0 Å². The fraction of sp³-hybridized carbons (Fsp3) is 0.250. The van der Waals surface area contributed by atoms with Gasteiger partial charge in [-0.3, -0.25) is 0 Å². The summed E-state index contributed by atoms with van der Waals surface area (Å²) in [6.07, 6.45) is -0.392. The van der Waals surface area contributed by atoms with Gasteiger partial charge in [-0.1, -0.05) is 33.6 Å². The maximum Gasteiger partial charge on any atom is 0.128 e. The highest BCUT2D eigenvalue weighted by Gasteiger charge is 2.29. The van der Waals surface area contributed by atoms with Crippen molar-refractivity contribution in [2.24, 2.45) is 0 Å². The third kappa shape index (κ3) is 2.45. The summed E-state index contributed by atoms with van der Waals surface area (Å²) in [6.45, 7) is 1.98. The van der Waals surface area contributed by atoms with E-state index >= 15 is 0 Å². The summed E-state index contributed by atoms with van der Waals surface area (Å²) in [7, 11) is 0. The van der Waals surface area contributed by atoms with Crippen LogP contribution in [0.2, 0.25) is 0 Å². The Morgan fingerprint density at radius 1 is 1.20 bits per heavy atom. The summed E-state index contributed by atoms with van der Waals surface area (Å²) in [6, 6.07) is 10.3. The Morgan fingerprint density at radius 2 is 2.00 bits per heavy atom. The Labute approximate surface area is 125 Å². The van der Waals surface area contributed by atoms with E-state index in [4.69, 9.17) is 4.74 Å². The van der Waals surface area contributed by atoms with Crippen LogP contribution in [-0.4, -0.2) is 5.11 Å². The van der Waals surface area contributed by atoms with Crippen LogP contribution in [-0.2, 0) is 0 Å². The predicted molar refractivity (Wildman–Crippen MR) is 78.2 cm³/mol. The minimum atomic E-state index is -0.569. The molecule has 0 bridgehead atoms. The Kier molecular flexibility index (Phi) is 3.52. The van der Waals surface area contributed by atoms with Gasteiger partial charge in [-0.15, -0.1) is 0 Å². The molecule has 1 aliphatic rings. The van der Waals surface area contributed by atoms with Crippen molar-refractivity contribution in [3.8, 4) is 5.75 Å². The van der Waals surface area contributed by atoms with E-state index in [1.54, 1.807) is 6.07 Å². The molecule has 20 heavy (non-hydrogen) atoms. The van der Waals surface area contributed by atoms with Crippen LogP contribution in [0.25, 0.3) is 0 Å². The Morgan fingerprint density at radius 3 is 2.75 bits per heavy atom. The van der Waals surface area contributed by atoms with E-state index in [1.165, 1.54) is 12.1 Å². The first-order valence-electron chi connectivity index (χ1n) is 6.45. The first-order valence-corrected chi connectivity index (χ1v) is 7.24. The quantitative estimate of drug-likeness (QED) is 0.833. The Bertz CT molecular complexity index is 657. The van der Waals surface area contributed by atoms with Crippen molar-refractivity contribution in [1.82, 2.24) is 0 Å². The number of ether oxygens (including phenoxy) is 1. The van der Waals surface area contributed by atoms with Crippen LogP contribution in [0.1, 0.15) is 35.3 Å². The summed E-state index contributed by atoms with van der Waals surface area (Å²) in [5.74, 6) is 0.392. The SMILES string of the molecule is Cc1ccc2c(c1)[C@@H](O)CC(c1ccc(F)cc1Br)O2. The van der Waals surface area contributed by atoms with Crippen LogP contribution in [0, 0.1) is 12.7 Å². The second-order valence-corrected chi connectivity index (χ2v) is 5.92. The second-order valence-electron chi connectivity index (χ2n) is 5.07. The van der Waals surface area contributed by atoms with Gasteiger partial charge >= 0.3 is 0 Å². The molecular formula is C16H14BrFO2. The molecule has 0 saturated heterocycles. The molecule has 0 aromatic heterocycles. The highest BCUT2D eigenvalue weighted by Crippen LogP contribution is 2.42. The molecule has 0 saturated carbocycles. The predicted octanol–water partition coefficient (Wildman–Crippen LogP) is 4.45. The molecule has 0 spiro atoms. The van der Waals surface area contributed by atoms with Crippen LogP contribution in [0.4, 0.5) is 4.39 Å². The zero-order chi connectivity index (χ0) is 14.3. The highest BCUT2D eigenvalue weighted by molar-refractivity contribution is 9.10. The molecule has 1 aliphatic heterocycles. The molecule has 1 N–H and O–H groups in total. The number of benzene rings is 2. The summed E-state index contributed by atoms with van der Waals surface area (Å²) >= 11 is 3.35. The molecule has 1 unspecified atom stereocenters. The van der Waals surface area contributed by atoms with E-state index in [9.17, 15) is 9.50 Å². The molecule has 104 valence electrons. The van der Waals surface area contributed by atoms with Crippen LogP contribution in [0.5, 0.6) is 5.75 Å². The molecule has 4 heteroatoms. The van der Waals surface area contributed by atoms with Crippen molar-refractivity contribution in [2.45, 2.75) is 25.6 Å². The van der Waals surface area contributed by atoms with Gasteiger partial charge in [-0.05, 0) is 31.2 Å². The van der Waals surface area contributed by atoms with Crippen molar-refractivity contribution in [3.63, 3.8) is 0 Å². The lowest BCUT2D eigenvalue weighted by atomic mass is 9.94. The lowest BCUT2D eigenvalue weighted by Crippen LogP contribution is -2.19. The number of halogens is 2. The number of rotatable bonds is 1. The normalized spacial score (nSPS) is 21.2. The average Bonchev–Trinajstić information content (AvgIpc) is 2.39. The lowest BCUT2D eigenvalue weighted by Gasteiger charge is -2.30. The molecule has 0 amide bonds. The van der Waals surface area contributed by atoms with Gasteiger partial charge in [0.15, 0.2) is 0 Å². The van der Waals surface area contributed by atoms with Crippen molar-refractivity contribution >= 4 is 15.9 Å². The molecule has 2 nitrogen and oxygen atoms in total. The van der Waals surface area contributed by atoms with Gasteiger partial charge in [0.2, 0.25) is 0 Å². The van der Waals surface area contributed by atoms with Gasteiger partial charge in [0.1, 0.15) is 17.7 Å². The number of aryl methyl sites for hydroxylation is 1. The fourth-order valence-electron chi connectivity index (χ4n) is 2.52. The zero-order valence-electron chi connectivity index (χ0n) is 10.9. The third-order valence-corrected chi connectivity index (χ3v) is 4.23. The third-order valence-electron chi connectivity index (χ3n) is 3.54. The van der Waals surface area contributed by atoms with E-state index in [2.05, 4.69) is 15.9 Å². The number of fused-ring (bicyclic) bond motifs is 1. The molecule has 1 heterocycles. The lowest BCUT2D eigenvalue weighted by molar-refractivity contribution is 0.0653. The minimum absolute atomic E-state index is 0.282. The van der Waals surface area contributed by atoms with Gasteiger partial charge < -0.3 is 9.84 Å². The van der Waals surface area contributed by atoms with Gasteiger partial charge in [0.05, 0.1) is 6.10 Å². The summed E-state index contributed by atoms with van der Waals surface area (Å²) < 4.78 is 19.8. The van der Waals surface area contributed by atoms with E-state index in [0.717, 1.165) is 16.7 Å². The van der Waals surface area contributed by atoms with Gasteiger partial charge in [-0.25, -0.2) is 4.39 Å². The molecule has 0 radical (unpaired) electrons. The smallest absolute Gasteiger partial charge is 0.128 e. The molecule has 3 rings (SSSR count). The monoisotopic (exact) mass is 336 g/mol. The maximum atomic E-state index is 13.2. The zero-order valence-corrected chi connectivity index (χ0v) is 12.5. The maximum absolute atomic E-state index is 13.2. The average molecular weight is 337 g/mol. The van der Waals surface area contributed by atoms with E-state index < -0.39 is 6.10 Å². The minimum Gasteiger partial charge on any atom is -0.485 e. The fourth-order valence-corrected chi connectivity index (χ4v) is 3.13. The van der Waals surface area contributed by atoms with E-state index in [1.807, 2.05) is 25.1 Å². The number of aliphatic hydroxyl groups is 1. The standard InChI is InChI=1S/C16H14BrFO2/c1-9-2-5-15-12(6-9)14(19)8-16(20-15)11-4-3-10(18)7-13(11)17/h2-7,14,16,19H,8H2,1H3/t14-,16?/m0/s1. The number of hydrogen-bond donors (Lipinski definition) is 1. The summed E-state index contributed by atoms with van der Waals surface area (Å²) in [5.41, 5.74) is 2.75. The topological polar surface area (TPSA) is 29.5 Å². The van der Waals surface area contributed by atoms with Crippen molar-refractivity contribution in [1.29, 1.82) is 0 Å². The van der Waals surface area contributed by atoms with Crippen LogP contribution < -0.4 is 4.74 Å². The molecular weight excluding hydrogens is 323 g/mol. The molecule has 2 aromatic carbocycles. The Hall–Kier alpha value is -1.39. The number of aliphatic hydroxyl groups excluding tert-OH is 1. The Balaban J connectivity index is 1.97. The second kappa shape index (κ2) is 5.19. The molecule has 0 aliphatic carbocycles. The van der Waals surface area contributed by atoms with Crippen LogP contribution >= 0.6 is 15.9 Å². The summed E-state index contributed by atoms with van der Waals surface area (Å²) in [5, 5.41) is 10.3. The van der Waals surface area contributed by atoms with E-state index in [0.29, 0.717) is 16.6 Å². The van der Waals surface area contributed by atoms with Crippen molar-refractivity contribution in [2.75, 3.05) is 0 Å². The van der Waals surface area contributed by atoms with Crippen molar-refractivity contribution in [3.05, 3.63) is 63.4 Å². The first-order chi connectivity index (χ1) is 9.54. The molecule has 0 fully saturated rings. The number of hydrogen-bond acceptors (Lipinski definition) is 2. The molecule has 2 aromatic rings. The van der Waals surface area contributed by atoms with Gasteiger partial charge in [0.25, 0.3) is 0 Å². The van der Waals surface area contributed by atoms with Gasteiger partial charge in [-0.2, -0.15) is 0 Å². The van der Waals surface area contributed by atoms with Crippen molar-refractivity contribution < 1.29 is 14.2 Å². The first kappa shape index (κ1) is 13.6. The van der Waals surface area contributed by atoms with Crippen LogP contribution in [0.3, 0.4) is 0 Å². The van der Waals surface area contributed by atoms with Crippen LogP contribution in [0.15, 0.2) is 40.9 Å². The molecule has 2 atom stereocenters. The van der Waals surface area contributed by atoms with E-state index in [-0.39, 0.29) is 11.9 Å². The summed E-state index contributed by atoms with van der Waals surface area (Å²) in [4.78, 5) is 0. The largest absolute Gasteiger partial charge is 0.485 e. The highest BCUT2D eigenvalue weighted by atomic mass is 79.9.